The van der Waals surface area contributed by atoms with E-state index in [9.17, 15) is 4.79 Å². The van der Waals surface area contributed by atoms with Gasteiger partial charge in [0.1, 0.15) is 0 Å². The number of thioether (sulfide) groups is 1. The Balaban J connectivity index is 1.61. The summed E-state index contributed by atoms with van der Waals surface area (Å²) in [7, 11) is 1.80. The summed E-state index contributed by atoms with van der Waals surface area (Å²) in [6.07, 6.45) is 3.51. The fourth-order valence-electron chi connectivity index (χ4n) is 3.25. The standard InChI is InChI=1S/C24H23N5OS/c1-18(23(30)28(2)21-13-7-4-8-14-21)31-24-27-26-22(20-12-9-15-25-16-20)29(24)17-19-10-5-3-6-11-19/h3-16,18H,17H2,1-2H3. The fraction of sp³-hybridized carbons (Fsp3) is 0.167. The molecule has 0 saturated heterocycles. The van der Waals surface area contributed by atoms with E-state index in [1.165, 1.54) is 11.8 Å². The first-order chi connectivity index (χ1) is 15.1. The third-order valence-corrected chi connectivity index (χ3v) is 5.99. The van der Waals surface area contributed by atoms with E-state index in [0.29, 0.717) is 11.7 Å². The smallest absolute Gasteiger partial charge is 0.240 e. The van der Waals surface area contributed by atoms with Crippen molar-refractivity contribution in [3.8, 4) is 11.4 Å². The van der Waals surface area contributed by atoms with Crippen molar-refractivity contribution >= 4 is 23.4 Å². The molecular formula is C24H23N5OS. The Bertz CT molecular complexity index is 1130. The summed E-state index contributed by atoms with van der Waals surface area (Å²) in [5, 5.41) is 9.22. The molecule has 0 saturated carbocycles. The number of aromatic nitrogens is 4. The lowest BCUT2D eigenvalue weighted by molar-refractivity contribution is -0.117. The van der Waals surface area contributed by atoms with Crippen LogP contribution >= 0.6 is 11.8 Å². The highest BCUT2D eigenvalue weighted by molar-refractivity contribution is 8.00. The third-order valence-electron chi connectivity index (χ3n) is 4.92. The average Bonchev–Trinajstić information content (AvgIpc) is 3.21. The zero-order valence-corrected chi connectivity index (χ0v) is 18.2. The Morgan fingerprint density at radius 2 is 1.71 bits per heavy atom. The molecule has 0 aliphatic rings. The maximum Gasteiger partial charge on any atom is 0.240 e. The molecule has 0 aliphatic heterocycles. The van der Waals surface area contributed by atoms with Crippen molar-refractivity contribution in [2.24, 2.45) is 0 Å². The molecule has 2 aromatic heterocycles. The summed E-state index contributed by atoms with van der Waals surface area (Å²) in [5.41, 5.74) is 2.88. The van der Waals surface area contributed by atoms with Crippen LogP contribution in [0.15, 0.2) is 90.3 Å². The molecule has 4 rings (SSSR count). The maximum atomic E-state index is 13.0. The van der Waals surface area contributed by atoms with Crippen LogP contribution in [0.3, 0.4) is 0 Å². The fourth-order valence-corrected chi connectivity index (χ4v) is 4.19. The van der Waals surface area contributed by atoms with Crippen LogP contribution in [-0.2, 0) is 11.3 Å². The summed E-state index contributed by atoms with van der Waals surface area (Å²) in [4.78, 5) is 18.9. The van der Waals surface area contributed by atoms with Crippen LogP contribution in [-0.4, -0.2) is 38.0 Å². The molecule has 0 bridgehead atoms. The minimum atomic E-state index is -0.328. The van der Waals surface area contributed by atoms with Gasteiger partial charge >= 0.3 is 0 Å². The normalized spacial score (nSPS) is 11.8. The second-order valence-corrected chi connectivity index (χ2v) is 8.42. The van der Waals surface area contributed by atoms with Gasteiger partial charge in [0.05, 0.1) is 11.8 Å². The first kappa shape index (κ1) is 20.8. The average molecular weight is 430 g/mol. The molecule has 1 unspecified atom stereocenters. The number of pyridine rings is 1. The minimum absolute atomic E-state index is 0.00777. The van der Waals surface area contributed by atoms with Gasteiger partial charge in [0.15, 0.2) is 11.0 Å². The summed E-state index contributed by atoms with van der Waals surface area (Å²) in [6, 6.07) is 23.6. The predicted molar refractivity (Wildman–Crippen MR) is 124 cm³/mol. The van der Waals surface area contributed by atoms with E-state index < -0.39 is 0 Å². The van der Waals surface area contributed by atoms with Gasteiger partial charge in [-0.15, -0.1) is 10.2 Å². The Morgan fingerprint density at radius 3 is 2.39 bits per heavy atom. The van der Waals surface area contributed by atoms with Crippen LogP contribution in [0.25, 0.3) is 11.4 Å². The first-order valence-electron chi connectivity index (χ1n) is 10.0. The van der Waals surface area contributed by atoms with Gasteiger partial charge in [0, 0.05) is 30.7 Å². The van der Waals surface area contributed by atoms with E-state index >= 15 is 0 Å². The number of benzene rings is 2. The molecule has 2 heterocycles. The van der Waals surface area contributed by atoms with Crippen LogP contribution < -0.4 is 4.90 Å². The second kappa shape index (κ2) is 9.57. The molecule has 0 N–H and O–H groups in total. The molecule has 0 aliphatic carbocycles. The molecule has 1 atom stereocenters. The van der Waals surface area contributed by atoms with Crippen LogP contribution in [0.2, 0.25) is 0 Å². The highest BCUT2D eigenvalue weighted by Gasteiger charge is 2.24. The number of carbonyl (C=O) groups excluding carboxylic acids is 1. The zero-order valence-electron chi connectivity index (χ0n) is 17.4. The van der Waals surface area contributed by atoms with Crippen LogP contribution in [0, 0.1) is 0 Å². The molecule has 4 aromatic rings. The van der Waals surface area contributed by atoms with Crippen molar-refractivity contribution in [3.63, 3.8) is 0 Å². The molecule has 6 nitrogen and oxygen atoms in total. The molecule has 0 radical (unpaired) electrons. The number of rotatable bonds is 7. The number of para-hydroxylation sites is 1. The number of anilines is 1. The van der Waals surface area contributed by atoms with Gasteiger partial charge in [-0.2, -0.15) is 0 Å². The van der Waals surface area contributed by atoms with Gasteiger partial charge in [-0.05, 0) is 36.8 Å². The van der Waals surface area contributed by atoms with Gasteiger partial charge in [-0.1, -0.05) is 60.3 Å². The van der Waals surface area contributed by atoms with Gasteiger partial charge in [-0.25, -0.2) is 0 Å². The third kappa shape index (κ3) is 4.83. The monoisotopic (exact) mass is 429 g/mol. The lowest BCUT2D eigenvalue weighted by atomic mass is 10.2. The van der Waals surface area contributed by atoms with E-state index in [1.54, 1.807) is 24.3 Å². The first-order valence-corrected chi connectivity index (χ1v) is 10.9. The summed E-state index contributed by atoms with van der Waals surface area (Å²) < 4.78 is 2.04. The minimum Gasteiger partial charge on any atom is -0.315 e. The van der Waals surface area contributed by atoms with Crippen molar-refractivity contribution in [1.29, 1.82) is 0 Å². The van der Waals surface area contributed by atoms with E-state index in [0.717, 1.165) is 22.6 Å². The Hall–Kier alpha value is -3.45. The van der Waals surface area contributed by atoms with E-state index in [-0.39, 0.29) is 11.2 Å². The van der Waals surface area contributed by atoms with Gasteiger partial charge < -0.3 is 4.90 Å². The van der Waals surface area contributed by atoms with Crippen LogP contribution in [0.5, 0.6) is 0 Å². The largest absolute Gasteiger partial charge is 0.315 e. The Kier molecular flexibility index (Phi) is 6.43. The van der Waals surface area contributed by atoms with Crippen molar-refractivity contribution in [1.82, 2.24) is 19.7 Å². The molecule has 0 spiro atoms. The lowest BCUT2D eigenvalue weighted by Gasteiger charge is -2.21. The van der Waals surface area contributed by atoms with E-state index in [4.69, 9.17) is 0 Å². The number of hydrogen-bond donors (Lipinski definition) is 0. The molecule has 31 heavy (non-hydrogen) atoms. The number of carbonyl (C=O) groups is 1. The Morgan fingerprint density at radius 1 is 1.00 bits per heavy atom. The van der Waals surface area contributed by atoms with Gasteiger partial charge in [-0.3, -0.25) is 14.3 Å². The van der Waals surface area contributed by atoms with Crippen LogP contribution in [0.1, 0.15) is 12.5 Å². The van der Waals surface area contributed by atoms with E-state index in [1.807, 2.05) is 72.2 Å². The Labute approximate surface area is 186 Å². The topological polar surface area (TPSA) is 63.9 Å². The molecule has 0 fully saturated rings. The van der Waals surface area contributed by atoms with Crippen LogP contribution in [0.4, 0.5) is 5.69 Å². The van der Waals surface area contributed by atoms with Gasteiger partial charge in [0.2, 0.25) is 5.91 Å². The highest BCUT2D eigenvalue weighted by Crippen LogP contribution is 2.29. The van der Waals surface area contributed by atoms with Crippen molar-refractivity contribution in [2.45, 2.75) is 23.9 Å². The van der Waals surface area contributed by atoms with Crippen molar-refractivity contribution < 1.29 is 4.79 Å². The van der Waals surface area contributed by atoms with E-state index in [2.05, 4.69) is 27.3 Å². The molecule has 7 heteroatoms. The molecule has 2 aromatic carbocycles. The van der Waals surface area contributed by atoms with Crippen molar-refractivity contribution in [3.05, 3.63) is 90.8 Å². The summed E-state index contributed by atoms with van der Waals surface area (Å²) in [6.45, 7) is 2.51. The molecule has 1 amide bonds. The number of amides is 1. The SMILES string of the molecule is CC(Sc1nnc(-c2cccnc2)n1Cc1ccccc1)C(=O)N(C)c1ccccc1. The maximum absolute atomic E-state index is 13.0. The second-order valence-electron chi connectivity index (χ2n) is 7.11. The summed E-state index contributed by atoms with van der Waals surface area (Å²) in [5.74, 6) is 0.740. The number of hydrogen-bond acceptors (Lipinski definition) is 5. The number of nitrogens with zero attached hydrogens (tertiary/aromatic N) is 5. The quantitative estimate of drug-likeness (QED) is 0.404. The molecule has 156 valence electrons. The predicted octanol–water partition coefficient (Wildman–Crippen LogP) is 4.53. The highest BCUT2D eigenvalue weighted by atomic mass is 32.2. The zero-order chi connectivity index (χ0) is 21.6. The molecular weight excluding hydrogens is 406 g/mol. The lowest BCUT2D eigenvalue weighted by Crippen LogP contribution is -2.33. The van der Waals surface area contributed by atoms with Crippen molar-refractivity contribution in [2.75, 3.05) is 11.9 Å². The summed E-state index contributed by atoms with van der Waals surface area (Å²) >= 11 is 1.41. The van der Waals surface area contributed by atoms with Gasteiger partial charge in [0.25, 0.3) is 0 Å².